The fourth-order valence-electron chi connectivity index (χ4n) is 23.4. The summed E-state index contributed by atoms with van der Waals surface area (Å²) in [5.41, 5.74) is 33.5. The lowest BCUT2D eigenvalue weighted by molar-refractivity contribution is 1.13. The molecular formula is C128H78N12. The lowest BCUT2D eigenvalue weighted by Gasteiger charge is -2.20. The molecule has 30 aromatic rings. The Kier molecular flexibility index (Phi) is 16.7. The molecule has 0 unspecified atom stereocenters. The third-order valence-corrected chi connectivity index (χ3v) is 29.4. The maximum Gasteiger partial charge on any atom is 0.160 e. The molecule has 650 valence electrons. The first-order valence-corrected chi connectivity index (χ1v) is 47.7. The van der Waals surface area contributed by atoms with E-state index in [1.54, 1.807) is 0 Å². The van der Waals surface area contributed by atoms with Crippen molar-refractivity contribution in [1.29, 1.82) is 0 Å². The van der Waals surface area contributed by atoms with Crippen LogP contribution in [0, 0.1) is 0 Å². The number of aromatic nitrogens is 12. The molecule has 0 saturated heterocycles. The summed E-state index contributed by atoms with van der Waals surface area (Å²) in [5, 5.41) is 18.6. The number of para-hydroxylation sites is 12. The zero-order valence-electron chi connectivity index (χ0n) is 75.4. The number of hydrogen-bond donors (Lipinski definition) is 0. The van der Waals surface area contributed by atoms with E-state index in [1.807, 2.05) is 12.4 Å². The Morgan fingerprint density at radius 2 is 0.371 bits per heavy atom. The predicted molar refractivity (Wildman–Crippen MR) is 580 cm³/mol. The molecule has 0 aliphatic rings. The van der Waals surface area contributed by atoms with E-state index in [1.165, 1.54) is 43.1 Å². The molecule has 0 bridgehead atoms. The minimum Gasteiger partial charge on any atom is -0.309 e. The van der Waals surface area contributed by atoms with Gasteiger partial charge in [0.2, 0.25) is 0 Å². The van der Waals surface area contributed by atoms with Gasteiger partial charge in [-0.05, 0) is 194 Å². The molecule has 11 heterocycles. The zero-order chi connectivity index (χ0) is 91.5. The van der Waals surface area contributed by atoms with Crippen molar-refractivity contribution in [2.24, 2.45) is 0 Å². The van der Waals surface area contributed by atoms with Crippen molar-refractivity contribution >= 4 is 174 Å². The van der Waals surface area contributed by atoms with Gasteiger partial charge in [0.1, 0.15) is 0 Å². The van der Waals surface area contributed by atoms with Gasteiger partial charge >= 0.3 is 0 Å². The molecule has 0 atom stereocenters. The van der Waals surface area contributed by atoms with E-state index in [0.717, 1.165) is 227 Å². The number of hydrogen-bond acceptors (Lipinski definition) is 4. The van der Waals surface area contributed by atoms with Crippen LogP contribution in [0.25, 0.3) is 276 Å². The van der Waals surface area contributed by atoms with E-state index < -0.39 is 0 Å². The van der Waals surface area contributed by atoms with Gasteiger partial charge in [-0.15, -0.1) is 0 Å². The molecule has 0 amide bonds. The highest BCUT2D eigenvalue weighted by atomic mass is 15.1. The van der Waals surface area contributed by atoms with Gasteiger partial charge in [0.15, 0.2) is 5.82 Å². The summed E-state index contributed by atoms with van der Waals surface area (Å²) in [6.45, 7) is 0. The highest BCUT2D eigenvalue weighted by molar-refractivity contribution is 6.25. The first-order chi connectivity index (χ1) is 69.5. The van der Waals surface area contributed by atoms with Crippen LogP contribution >= 0.6 is 0 Å². The normalized spacial score (nSPS) is 12.1. The average Bonchev–Trinajstić information content (AvgIpc) is 1.55. The van der Waals surface area contributed by atoms with Crippen molar-refractivity contribution in [3.05, 3.63) is 474 Å². The van der Waals surface area contributed by atoms with Crippen LogP contribution in [0.5, 0.6) is 0 Å². The highest BCUT2D eigenvalue weighted by Crippen LogP contribution is 2.51. The molecule has 0 radical (unpaired) electrons. The minimum absolute atomic E-state index is 0.543. The molecule has 30 rings (SSSR count). The molecule has 0 aliphatic heterocycles. The summed E-state index contributed by atoms with van der Waals surface area (Å²) < 4.78 is 19.7. The summed E-state index contributed by atoms with van der Waals surface area (Å²) in [6, 6.07) is 165. The molecule has 0 spiro atoms. The Labute approximate surface area is 800 Å². The van der Waals surface area contributed by atoms with Crippen molar-refractivity contribution < 1.29 is 0 Å². The third kappa shape index (κ3) is 11.4. The summed E-state index contributed by atoms with van der Waals surface area (Å²) in [4.78, 5) is 22.3. The fourth-order valence-corrected chi connectivity index (χ4v) is 23.4. The van der Waals surface area contributed by atoms with Gasteiger partial charge in [-0.2, -0.15) is 0 Å². The van der Waals surface area contributed by atoms with Crippen LogP contribution in [0.1, 0.15) is 0 Å². The molecule has 11 aromatic heterocycles. The van der Waals surface area contributed by atoms with Gasteiger partial charge in [-0.1, -0.05) is 255 Å². The van der Waals surface area contributed by atoms with Crippen molar-refractivity contribution in [2.75, 3.05) is 0 Å². The maximum atomic E-state index is 6.03. The second kappa shape index (κ2) is 30.2. The number of benzene rings is 19. The molecule has 12 heteroatoms. The lowest BCUT2D eigenvalue weighted by atomic mass is 9.97. The topological polar surface area (TPSA) is 91.0 Å². The van der Waals surface area contributed by atoms with Gasteiger partial charge in [-0.3, -0.25) is 9.97 Å². The van der Waals surface area contributed by atoms with Gasteiger partial charge in [0.25, 0.3) is 0 Å². The quantitative estimate of drug-likeness (QED) is 0.115. The Bertz CT molecular complexity index is 9890. The Morgan fingerprint density at radius 3 is 0.664 bits per heavy atom. The van der Waals surface area contributed by atoms with E-state index in [9.17, 15) is 0 Å². The molecular weight excluding hydrogens is 1710 g/mol. The molecule has 140 heavy (non-hydrogen) atoms. The number of rotatable bonds is 13. The summed E-state index contributed by atoms with van der Waals surface area (Å²) in [5.74, 6) is 0.543. The summed E-state index contributed by atoms with van der Waals surface area (Å²) in [6.07, 6.45) is 8.07. The van der Waals surface area contributed by atoms with Crippen LogP contribution in [0.2, 0.25) is 0 Å². The fraction of sp³-hybridized carbons (Fsp3) is 0. The molecule has 19 aromatic carbocycles. The van der Waals surface area contributed by atoms with Crippen LogP contribution in [0.15, 0.2) is 474 Å². The SMILES string of the molecule is c1ccc(-c2cc(-c3ccc(-n4c5ccccc5c5cc6c7ccccc7n(-c7ccccc7)c6cc54)c(-c4cnccc4-n4c5ccccc5c5cc6c7ccccc7n(-c7ccccc7)c6cc54)c3)nc(-c3ccc(-n4c5ccccc5c5cc6c7ccccc7n(-c7ccccc7)c6cc54)c(-c4cnccc4-n4c5ccccc5c5cc6c7ccccc7n(-c7ccccc7)c6cc54)c3)n2)cc1. The molecule has 0 fully saturated rings. The molecule has 12 nitrogen and oxygen atoms in total. The van der Waals surface area contributed by atoms with Crippen molar-refractivity contribution in [3.63, 3.8) is 0 Å². The Balaban J connectivity index is 0.686. The van der Waals surface area contributed by atoms with E-state index in [2.05, 4.69) is 498 Å². The van der Waals surface area contributed by atoms with Crippen LogP contribution in [0.4, 0.5) is 0 Å². The van der Waals surface area contributed by atoms with Gasteiger partial charge in [-0.25, -0.2) is 9.97 Å². The largest absolute Gasteiger partial charge is 0.309 e. The molecule has 0 aliphatic carbocycles. The summed E-state index contributed by atoms with van der Waals surface area (Å²) >= 11 is 0. The zero-order valence-corrected chi connectivity index (χ0v) is 75.4. The first-order valence-electron chi connectivity index (χ1n) is 47.7. The van der Waals surface area contributed by atoms with Gasteiger partial charge in [0.05, 0.1) is 122 Å². The number of pyridine rings is 2. The van der Waals surface area contributed by atoms with Crippen LogP contribution in [0.3, 0.4) is 0 Å². The predicted octanol–water partition coefficient (Wildman–Crippen LogP) is 32.4. The standard InChI is InChI=1S/C128H78N12/c1-6-32-79(33-7-1)106-72-107(80-58-60-116(137-112-54-28-20-46-90(112)100-68-96-86-42-16-24-50-108(86)133(120(96)73-124(100)137)82-34-8-2-9-35-82)94(66-80)104-77-129-64-62-118(104)139-114-56-30-22-48-92(114)102-70-98-88-44-18-26-52-110(88)135(122(98)75-126(102)139)84-38-12-4-13-39-84)132-128(131-106)81-59-61-117(138-113-55-29-21-47-91(113)101-69-97-87-43-17-25-51-109(87)134(121(97)74-125(101)138)83-36-10-3-11-37-83)95(67-81)105-78-130-65-63-119(105)140-115-57-31-23-49-93(115)103-71-99-89-45-19-27-53-111(89)136(123(99)76-127(103)140)85-40-14-5-15-41-85/h1-78H. The van der Waals surface area contributed by atoms with Crippen LogP contribution < -0.4 is 0 Å². The van der Waals surface area contributed by atoms with Crippen LogP contribution in [-0.4, -0.2) is 56.5 Å². The maximum absolute atomic E-state index is 6.03. The smallest absolute Gasteiger partial charge is 0.160 e. The Morgan fingerprint density at radius 1 is 0.143 bits per heavy atom. The van der Waals surface area contributed by atoms with Crippen molar-refractivity contribution in [2.45, 2.75) is 0 Å². The van der Waals surface area contributed by atoms with E-state index in [-0.39, 0.29) is 0 Å². The van der Waals surface area contributed by atoms with Gasteiger partial charge in [0, 0.05) is 173 Å². The first kappa shape index (κ1) is 77.4. The summed E-state index contributed by atoms with van der Waals surface area (Å²) in [7, 11) is 0. The van der Waals surface area contributed by atoms with Crippen molar-refractivity contribution in [1.82, 2.24) is 56.5 Å². The average molecular weight is 1780 g/mol. The molecule has 0 N–H and O–H groups in total. The number of nitrogens with zero attached hydrogens (tertiary/aromatic N) is 12. The lowest BCUT2D eigenvalue weighted by Crippen LogP contribution is -2.04. The van der Waals surface area contributed by atoms with Crippen LogP contribution in [-0.2, 0) is 0 Å². The van der Waals surface area contributed by atoms with E-state index >= 15 is 0 Å². The second-order valence-electron chi connectivity index (χ2n) is 36.8. The minimum atomic E-state index is 0.543. The molecule has 0 saturated carbocycles. The van der Waals surface area contributed by atoms with Crippen molar-refractivity contribution in [3.8, 4) is 102 Å². The van der Waals surface area contributed by atoms with Gasteiger partial charge < -0.3 is 36.5 Å². The third-order valence-electron chi connectivity index (χ3n) is 29.4. The highest BCUT2D eigenvalue weighted by Gasteiger charge is 2.30. The van der Waals surface area contributed by atoms with E-state index in [4.69, 9.17) is 19.9 Å². The van der Waals surface area contributed by atoms with E-state index in [0.29, 0.717) is 5.82 Å². The Hall–Kier alpha value is -19.0. The number of fused-ring (bicyclic) bond motifs is 24. The monoisotopic (exact) mass is 1780 g/mol. The second-order valence-corrected chi connectivity index (χ2v) is 36.8.